The van der Waals surface area contributed by atoms with Gasteiger partial charge in [-0.15, -0.1) is 0 Å². The molecule has 1 nitrogen and oxygen atoms in total. The van der Waals surface area contributed by atoms with Crippen molar-refractivity contribution in [2.75, 3.05) is 0 Å². The SMILES string of the molecule is N/C=C\C1CC1. The van der Waals surface area contributed by atoms with Crippen molar-refractivity contribution in [2.24, 2.45) is 11.7 Å². The van der Waals surface area contributed by atoms with E-state index in [9.17, 15) is 0 Å². The van der Waals surface area contributed by atoms with Crippen molar-refractivity contribution in [1.29, 1.82) is 0 Å². The van der Waals surface area contributed by atoms with Crippen LogP contribution in [0.5, 0.6) is 0 Å². The maximum absolute atomic E-state index is 5.09. The lowest BCUT2D eigenvalue weighted by Crippen LogP contribution is -1.75. The van der Waals surface area contributed by atoms with E-state index < -0.39 is 0 Å². The molecule has 0 aromatic rings. The molecule has 0 radical (unpaired) electrons. The summed E-state index contributed by atoms with van der Waals surface area (Å²) in [7, 11) is 0. The van der Waals surface area contributed by atoms with Crippen LogP contribution >= 0.6 is 0 Å². The zero-order valence-electron chi connectivity index (χ0n) is 3.72. The normalized spacial score (nSPS) is 22.7. The minimum absolute atomic E-state index is 0.843. The summed E-state index contributed by atoms with van der Waals surface area (Å²) in [5.74, 6) is 0.843. The molecule has 0 aromatic carbocycles. The summed E-state index contributed by atoms with van der Waals surface area (Å²) in [5.41, 5.74) is 5.09. The maximum atomic E-state index is 5.09. The van der Waals surface area contributed by atoms with Crippen LogP contribution in [-0.2, 0) is 0 Å². The molecule has 1 saturated carbocycles. The summed E-state index contributed by atoms with van der Waals surface area (Å²) in [6.07, 6.45) is 6.40. The van der Waals surface area contributed by atoms with Crippen molar-refractivity contribution >= 4 is 0 Å². The molecule has 1 rings (SSSR count). The van der Waals surface area contributed by atoms with Crippen molar-refractivity contribution < 1.29 is 0 Å². The largest absolute Gasteiger partial charge is 0.405 e. The molecule has 0 aromatic heterocycles. The second-order valence-corrected chi connectivity index (χ2v) is 1.72. The molecule has 0 saturated heterocycles. The van der Waals surface area contributed by atoms with Gasteiger partial charge in [0.05, 0.1) is 0 Å². The summed E-state index contributed by atoms with van der Waals surface area (Å²) < 4.78 is 0. The lowest BCUT2D eigenvalue weighted by molar-refractivity contribution is 1.11. The van der Waals surface area contributed by atoms with Crippen LogP contribution in [-0.4, -0.2) is 0 Å². The molecule has 0 spiro atoms. The average molecular weight is 83.1 g/mol. The fourth-order valence-corrected chi connectivity index (χ4v) is 0.446. The highest BCUT2D eigenvalue weighted by Gasteiger charge is 2.16. The Balaban J connectivity index is 2.15. The van der Waals surface area contributed by atoms with Crippen LogP contribution in [0, 0.1) is 5.92 Å². The minimum Gasteiger partial charge on any atom is -0.405 e. The van der Waals surface area contributed by atoms with Gasteiger partial charge in [-0.25, -0.2) is 0 Å². The van der Waals surface area contributed by atoms with Crippen molar-refractivity contribution in [3.63, 3.8) is 0 Å². The van der Waals surface area contributed by atoms with Gasteiger partial charge in [0, 0.05) is 0 Å². The van der Waals surface area contributed by atoms with E-state index in [2.05, 4.69) is 6.08 Å². The maximum Gasteiger partial charge on any atom is -0.0100 e. The van der Waals surface area contributed by atoms with E-state index in [1.165, 1.54) is 12.8 Å². The van der Waals surface area contributed by atoms with Gasteiger partial charge in [-0.2, -0.15) is 0 Å². The van der Waals surface area contributed by atoms with Gasteiger partial charge in [0.15, 0.2) is 0 Å². The number of allylic oxidation sites excluding steroid dienone is 1. The first kappa shape index (κ1) is 3.72. The van der Waals surface area contributed by atoms with E-state index in [1.807, 2.05) is 0 Å². The van der Waals surface area contributed by atoms with Gasteiger partial charge < -0.3 is 5.73 Å². The summed E-state index contributed by atoms with van der Waals surface area (Å²) in [4.78, 5) is 0. The Morgan fingerprint density at radius 1 is 1.50 bits per heavy atom. The highest BCUT2D eigenvalue weighted by molar-refractivity contribution is 4.92. The summed E-state index contributed by atoms with van der Waals surface area (Å²) in [6.45, 7) is 0. The fraction of sp³-hybridized carbons (Fsp3) is 0.600. The number of nitrogens with two attached hydrogens (primary N) is 1. The van der Waals surface area contributed by atoms with Crippen molar-refractivity contribution in [3.8, 4) is 0 Å². The van der Waals surface area contributed by atoms with Crippen LogP contribution in [0.2, 0.25) is 0 Å². The highest BCUT2D eigenvalue weighted by atomic mass is 14.5. The van der Waals surface area contributed by atoms with E-state index in [-0.39, 0.29) is 0 Å². The van der Waals surface area contributed by atoms with E-state index >= 15 is 0 Å². The van der Waals surface area contributed by atoms with Crippen molar-refractivity contribution in [3.05, 3.63) is 12.3 Å². The number of hydrogen-bond acceptors (Lipinski definition) is 1. The Morgan fingerprint density at radius 2 is 2.17 bits per heavy atom. The molecule has 1 aliphatic rings. The lowest BCUT2D eigenvalue weighted by atomic mass is 10.4. The molecule has 0 unspecified atom stereocenters. The van der Waals surface area contributed by atoms with Gasteiger partial charge >= 0.3 is 0 Å². The summed E-state index contributed by atoms with van der Waals surface area (Å²) in [5, 5.41) is 0. The zero-order chi connectivity index (χ0) is 4.41. The standard InChI is InChI=1S/C5H9N/c6-4-3-5-1-2-5/h3-5H,1-2,6H2/b4-3-. The van der Waals surface area contributed by atoms with Crippen LogP contribution < -0.4 is 5.73 Å². The second kappa shape index (κ2) is 1.33. The molecule has 2 N–H and O–H groups in total. The van der Waals surface area contributed by atoms with Crippen LogP contribution in [0.15, 0.2) is 12.3 Å². The Kier molecular flexibility index (Phi) is 0.825. The first-order valence-corrected chi connectivity index (χ1v) is 2.32. The third-order valence-electron chi connectivity index (χ3n) is 1.01. The summed E-state index contributed by atoms with van der Waals surface area (Å²) >= 11 is 0. The quantitative estimate of drug-likeness (QED) is 0.500. The molecule has 6 heavy (non-hydrogen) atoms. The molecule has 1 aliphatic carbocycles. The predicted octanol–water partition coefficient (Wildman–Crippen LogP) is 0.869. The van der Waals surface area contributed by atoms with Crippen molar-refractivity contribution in [2.45, 2.75) is 12.8 Å². The van der Waals surface area contributed by atoms with Gasteiger partial charge in [-0.3, -0.25) is 0 Å². The molecule has 0 atom stereocenters. The van der Waals surface area contributed by atoms with Gasteiger partial charge in [0.25, 0.3) is 0 Å². The van der Waals surface area contributed by atoms with Crippen molar-refractivity contribution in [1.82, 2.24) is 0 Å². The third-order valence-corrected chi connectivity index (χ3v) is 1.01. The van der Waals surface area contributed by atoms with Crippen LogP contribution in [0.4, 0.5) is 0 Å². The summed E-state index contributed by atoms with van der Waals surface area (Å²) in [6, 6.07) is 0. The Bertz CT molecular complexity index is 62.3. The molecule has 0 amide bonds. The van der Waals surface area contributed by atoms with E-state index in [0.29, 0.717) is 0 Å². The van der Waals surface area contributed by atoms with Crippen LogP contribution in [0.25, 0.3) is 0 Å². The minimum atomic E-state index is 0.843. The fourth-order valence-electron chi connectivity index (χ4n) is 0.446. The van der Waals surface area contributed by atoms with E-state index in [4.69, 9.17) is 5.73 Å². The molecule has 34 valence electrons. The first-order chi connectivity index (χ1) is 2.93. The van der Waals surface area contributed by atoms with Crippen LogP contribution in [0.3, 0.4) is 0 Å². The molecular formula is C5H9N. The van der Waals surface area contributed by atoms with Gasteiger partial charge in [0.2, 0.25) is 0 Å². The van der Waals surface area contributed by atoms with Gasteiger partial charge in [0.1, 0.15) is 0 Å². The molecule has 1 fully saturated rings. The highest BCUT2D eigenvalue weighted by Crippen LogP contribution is 2.29. The number of hydrogen-bond donors (Lipinski definition) is 1. The van der Waals surface area contributed by atoms with Gasteiger partial charge in [-0.05, 0) is 25.0 Å². The van der Waals surface area contributed by atoms with E-state index in [0.717, 1.165) is 5.92 Å². The van der Waals surface area contributed by atoms with Gasteiger partial charge in [-0.1, -0.05) is 6.08 Å². The first-order valence-electron chi connectivity index (χ1n) is 2.32. The predicted molar refractivity (Wildman–Crippen MR) is 26.1 cm³/mol. The Hall–Kier alpha value is -0.460. The molecule has 1 heteroatoms. The van der Waals surface area contributed by atoms with Crippen LogP contribution in [0.1, 0.15) is 12.8 Å². The molecule has 0 aliphatic heterocycles. The molecular weight excluding hydrogens is 74.1 g/mol. The molecule has 0 heterocycles. The Labute approximate surface area is 37.8 Å². The second-order valence-electron chi connectivity index (χ2n) is 1.72. The number of rotatable bonds is 1. The third kappa shape index (κ3) is 0.744. The lowest BCUT2D eigenvalue weighted by Gasteiger charge is -1.70. The Morgan fingerprint density at radius 3 is 2.33 bits per heavy atom. The smallest absolute Gasteiger partial charge is 0.0100 e. The molecule has 0 bridgehead atoms. The topological polar surface area (TPSA) is 26.0 Å². The average Bonchev–Trinajstić information content (AvgIpc) is 2.21. The monoisotopic (exact) mass is 83.1 g/mol. The van der Waals surface area contributed by atoms with E-state index in [1.54, 1.807) is 6.20 Å². The zero-order valence-corrected chi connectivity index (χ0v) is 3.72.